The van der Waals surface area contributed by atoms with Crippen molar-refractivity contribution < 1.29 is 21.6 Å². The molecule has 0 spiro atoms. The van der Waals surface area contributed by atoms with Crippen LogP contribution in [0.5, 0.6) is 0 Å². The lowest BCUT2D eigenvalue weighted by Gasteiger charge is -2.19. The van der Waals surface area contributed by atoms with Gasteiger partial charge in [-0.1, -0.05) is 44.5 Å². The van der Waals surface area contributed by atoms with E-state index in [2.05, 4.69) is 9.82 Å². The molecule has 0 saturated heterocycles. The average molecular weight is 464 g/mol. The molecule has 1 N–H and O–H groups in total. The highest BCUT2D eigenvalue weighted by Crippen LogP contribution is 2.46. The van der Waals surface area contributed by atoms with Crippen molar-refractivity contribution in [1.29, 1.82) is 0 Å². The lowest BCUT2D eigenvalue weighted by molar-refractivity contribution is -0.141. The molecule has 3 rings (SSSR count). The Morgan fingerprint density at radius 1 is 1.17 bits per heavy atom. The van der Waals surface area contributed by atoms with Crippen molar-refractivity contribution in [3.8, 4) is 0 Å². The lowest BCUT2D eigenvalue weighted by atomic mass is 9.87. The number of aryl methyl sites for hydroxylation is 1. The first-order chi connectivity index (χ1) is 13.8. The van der Waals surface area contributed by atoms with Crippen molar-refractivity contribution in [1.82, 2.24) is 14.5 Å². The zero-order chi connectivity index (χ0) is 22.3. The van der Waals surface area contributed by atoms with Gasteiger partial charge in [-0.3, -0.25) is 4.68 Å². The van der Waals surface area contributed by atoms with Gasteiger partial charge in [0.1, 0.15) is 0 Å². The van der Waals surface area contributed by atoms with E-state index in [0.29, 0.717) is 5.69 Å². The van der Waals surface area contributed by atoms with Gasteiger partial charge in [-0.25, -0.2) is 13.1 Å². The molecule has 0 bridgehead atoms. The molecule has 5 nitrogen and oxygen atoms in total. The van der Waals surface area contributed by atoms with E-state index >= 15 is 0 Å². The molecule has 1 heterocycles. The van der Waals surface area contributed by atoms with Gasteiger partial charge in [-0.15, -0.1) is 0 Å². The fourth-order valence-electron chi connectivity index (χ4n) is 3.20. The summed E-state index contributed by atoms with van der Waals surface area (Å²) in [4.78, 5) is 0.149. The second kappa shape index (κ2) is 8.16. The van der Waals surface area contributed by atoms with Crippen LogP contribution in [-0.4, -0.2) is 24.7 Å². The molecule has 1 aromatic carbocycles. The Kier molecular flexibility index (Phi) is 6.28. The topological polar surface area (TPSA) is 64.0 Å². The number of hydrogen-bond donors (Lipinski definition) is 1. The van der Waals surface area contributed by atoms with Crippen molar-refractivity contribution in [3.63, 3.8) is 0 Å². The number of aromatic nitrogens is 2. The summed E-state index contributed by atoms with van der Waals surface area (Å²) in [5, 5.41) is 3.31. The highest BCUT2D eigenvalue weighted by molar-refractivity contribution is 7.89. The summed E-state index contributed by atoms with van der Waals surface area (Å²) >= 11 is 5.94. The molecule has 1 aliphatic rings. The van der Waals surface area contributed by atoms with E-state index in [-0.39, 0.29) is 40.8 Å². The molecule has 166 valence electrons. The second-order valence-corrected chi connectivity index (χ2v) is 10.7. The van der Waals surface area contributed by atoms with Crippen LogP contribution in [0.2, 0.25) is 5.02 Å². The molecule has 10 heteroatoms. The van der Waals surface area contributed by atoms with Crippen LogP contribution in [0.25, 0.3) is 0 Å². The zero-order valence-corrected chi connectivity index (χ0v) is 18.6. The summed E-state index contributed by atoms with van der Waals surface area (Å²) in [6, 6.07) is 6.66. The van der Waals surface area contributed by atoms with Crippen LogP contribution in [0.3, 0.4) is 0 Å². The summed E-state index contributed by atoms with van der Waals surface area (Å²) in [6.45, 7) is 6.34. The molecule has 30 heavy (non-hydrogen) atoms. The Bertz CT molecular complexity index is 1010. The third kappa shape index (κ3) is 5.18. The van der Waals surface area contributed by atoms with Crippen molar-refractivity contribution in [2.24, 2.45) is 0 Å². The first-order valence-electron chi connectivity index (χ1n) is 9.74. The van der Waals surface area contributed by atoms with E-state index in [4.69, 9.17) is 11.6 Å². The van der Waals surface area contributed by atoms with E-state index in [0.717, 1.165) is 18.4 Å². The molecule has 0 radical (unpaired) electrons. The third-order valence-electron chi connectivity index (χ3n) is 5.03. The SMILES string of the molecule is CC(C)(C)c1ccc(S(=O)(=O)NCCCn2nc(C(F)(F)F)c(Cl)c2C2CC2)cc1. The lowest BCUT2D eigenvalue weighted by Crippen LogP contribution is -2.26. The van der Waals surface area contributed by atoms with Gasteiger partial charge in [0.15, 0.2) is 5.69 Å². The monoisotopic (exact) mass is 463 g/mol. The highest BCUT2D eigenvalue weighted by atomic mass is 35.5. The van der Waals surface area contributed by atoms with Crippen LogP contribution in [0.1, 0.15) is 62.9 Å². The van der Waals surface area contributed by atoms with E-state index in [1.165, 1.54) is 4.68 Å². The van der Waals surface area contributed by atoms with E-state index in [1.54, 1.807) is 24.3 Å². The first-order valence-corrected chi connectivity index (χ1v) is 11.6. The van der Waals surface area contributed by atoms with Crippen LogP contribution < -0.4 is 4.72 Å². The molecule has 1 saturated carbocycles. The van der Waals surface area contributed by atoms with Gasteiger partial charge in [-0.2, -0.15) is 18.3 Å². The predicted octanol–water partition coefficient (Wildman–Crippen LogP) is 5.10. The minimum atomic E-state index is -4.62. The molecular weight excluding hydrogens is 439 g/mol. The summed E-state index contributed by atoms with van der Waals surface area (Å²) in [5.74, 6) is -0.0147. The summed E-state index contributed by atoms with van der Waals surface area (Å²) in [7, 11) is -3.70. The molecule has 1 aliphatic carbocycles. The number of benzene rings is 1. The largest absolute Gasteiger partial charge is 0.436 e. The van der Waals surface area contributed by atoms with Crippen molar-refractivity contribution in [2.75, 3.05) is 6.54 Å². The number of nitrogens with zero attached hydrogens (tertiary/aromatic N) is 2. The van der Waals surface area contributed by atoms with E-state index in [9.17, 15) is 21.6 Å². The molecular formula is C20H25ClF3N3O2S. The van der Waals surface area contributed by atoms with Crippen LogP contribution in [0.15, 0.2) is 29.2 Å². The Morgan fingerprint density at radius 2 is 1.77 bits per heavy atom. The summed E-state index contributed by atoms with van der Waals surface area (Å²) < 4.78 is 68.0. The van der Waals surface area contributed by atoms with Gasteiger partial charge >= 0.3 is 6.18 Å². The van der Waals surface area contributed by atoms with E-state index in [1.807, 2.05) is 20.8 Å². The number of sulfonamides is 1. The van der Waals surface area contributed by atoms with Crippen molar-refractivity contribution >= 4 is 21.6 Å². The first kappa shape index (κ1) is 23.1. The standard InChI is InChI=1S/C20H25ClF3N3O2S/c1-19(2,3)14-7-9-15(10-8-14)30(28,29)25-11-4-12-27-17(13-5-6-13)16(21)18(26-27)20(22,23)24/h7-10,13,25H,4-6,11-12H2,1-3H3. The van der Waals surface area contributed by atoms with Gasteiger partial charge in [0.2, 0.25) is 10.0 Å². The minimum absolute atomic E-state index is 0.0147. The fourth-order valence-corrected chi connectivity index (χ4v) is 4.68. The number of rotatable bonds is 7. The number of halogens is 4. The molecule has 0 unspecified atom stereocenters. The zero-order valence-electron chi connectivity index (χ0n) is 17.1. The average Bonchev–Trinajstić information content (AvgIpc) is 3.40. The summed E-state index contributed by atoms with van der Waals surface area (Å²) in [6.07, 6.45) is -2.78. The smallest absolute Gasteiger partial charge is 0.267 e. The Hall–Kier alpha value is -1.58. The summed E-state index contributed by atoms with van der Waals surface area (Å²) in [5.41, 5.74) is 0.246. The maximum absolute atomic E-state index is 13.1. The number of nitrogens with one attached hydrogen (secondary N) is 1. The molecule has 0 amide bonds. The molecule has 0 aliphatic heterocycles. The van der Waals surface area contributed by atoms with Crippen molar-refractivity contribution in [2.45, 2.75) is 69.0 Å². The highest BCUT2D eigenvalue weighted by Gasteiger charge is 2.41. The van der Waals surface area contributed by atoms with Crippen molar-refractivity contribution in [3.05, 3.63) is 46.2 Å². The van der Waals surface area contributed by atoms with Gasteiger partial charge in [0.05, 0.1) is 15.6 Å². The van der Waals surface area contributed by atoms with Gasteiger partial charge in [0.25, 0.3) is 0 Å². The van der Waals surface area contributed by atoms with Crippen LogP contribution in [0, 0.1) is 0 Å². The second-order valence-electron chi connectivity index (χ2n) is 8.57. The Labute approximate surface area is 179 Å². The predicted molar refractivity (Wildman–Crippen MR) is 109 cm³/mol. The third-order valence-corrected chi connectivity index (χ3v) is 6.88. The quantitative estimate of drug-likeness (QED) is 0.581. The number of hydrogen-bond acceptors (Lipinski definition) is 3. The maximum atomic E-state index is 13.1. The molecule has 2 aromatic rings. The van der Waals surface area contributed by atoms with Crippen LogP contribution in [-0.2, 0) is 28.2 Å². The Morgan fingerprint density at radius 3 is 2.27 bits per heavy atom. The van der Waals surface area contributed by atoms with Gasteiger partial charge in [0, 0.05) is 19.0 Å². The van der Waals surface area contributed by atoms with Crippen LogP contribution in [0.4, 0.5) is 13.2 Å². The maximum Gasteiger partial charge on any atom is 0.436 e. The Balaban J connectivity index is 1.63. The molecule has 1 fully saturated rings. The van der Waals surface area contributed by atoms with Gasteiger partial charge in [-0.05, 0) is 42.4 Å². The van der Waals surface area contributed by atoms with Crippen LogP contribution >= 0.6 is 11.6 Å². The molecule has 1 aromatic heterocycles. The molecule has 0 atom stereocenters. The fraction of sp³-hybridized carbons (Fsp3) is 0.550. The van der Waals surface area contributed by atoms with Gasteiger partial charge < -0.3 is 0 Å². The minimum Gasteiger partial charge on any atom is -0.267 e. The number of alkyl halides is 3. The van der Waals surface area contributed by atoms with E-state index < -0.39 is 21.9 Å². The normalized spacial score (nSPS) is 15.6.